The second kappa shape index (κ2) is 11.3. The fourth-order valence-electron chi connectivity index (χ4n) is 5.14. The Morgan fingerprint density at radius 2 is 0.882 bits per heavy atom. The van der Waals surface area contributed by atoms with Crippen LogP contribution in [0.3, 0.4) is 0 Å². The van der Waals surface area contributed by atoms with Crippen molar-refractivity contribution in [2.75, 3.05) is 11.5 Å². The van der Waals surface area contributed by atoms with Crippen molar-refractivity contribution in [1.82, 2.24) is 0 Å². The number of benzene rings is 2. The van der Waals surface area contributed by atoms with Crippen molar-refractivity contribution >= 4 is 33.2 Å². The molecule has 34 heavy (non-hydrogen) atoms. The maximum atomic E-state index is 6.17. The zero-order valence-electron chi connectivity index (χ0n) is 20.9. The lowest BCUT2D eigenvalue weighted by atomic mass is 10.1. The standard InChI is InChI=1S/C30H38N4/c1-23-17-19-25-27(31)13-11-15-29(25)33(23)21-9-7-5-3-4-6-8-10-22-34-24(2)18-20-26-28(32)14-12-16-30(26)34/h11-20,31-32H,3-10,21-22H2,1-2H3/p+2. The molecule has 0 unspecified atom stereocenters. The minimum atomic E-state index is 0.865. The number of aromatic nitrogens is 2. The molecule has 4 rings (SSSR count). The highest BCUT2D eigenvalue weighted by Gasteiger charge is 2.14. The van der Waals surface area contributed by atoms with Crippen molar-refractivity contribution in [2.24, 2.45) is 0 Å². The fraction of sp³-hybridized carbons (Fsp3) is 0.400. The van der Waals surface area contributed by atoms with E-state index in [0.717, 1.165) is 35.2 Å². The number of anilines is 2. The van der Waals surface area contributed by atoms with Gasteiger partial charge in [0.1, 0.15) is 13.1 Å². The Kier molecular flexibility index (Phi) is 7.99. The second-order valence-corrected chi connectivity index (χ2v) is 9.64. The minimum Gasteiger partial charge on any atom is -0.398 e. The van der Waals surface area contributed by atoms with E-state index in [1.807, 2.05) is 12.1 Å². The van der Waals surface area contributed by atoms with Gasteiger partial charge in [0, 0.05) is 62.3 Å². The third-order valence-electron chi connectivity index (χ3n) is 7.16. The van der Waals surface area contributed by atoms with Crippen LogP contribution >= 0.6 is 0 Å². The number of aryl methyl sites for hydroxylation is 4. The van der Waals surface area contributed by atoms with Gasteiger partial charge in [-0.2, -0.15) is 9.13 Å². The summed E-state index contributed by atoms with van der Waals surface area (Å²) in [4.78, 5) is 0. The molecule has 0 spiro atoms. The van der Waals surface area contributed by atoms with Crippen LogP contribution < -0.4 is 20.6 Å². The van der Waals surface area contributed by atoms with Gasteiger partial charge in [-0.15, -0.1) is 0 Å². The van der Waals surface area contributed by atoms with Crippen LogP contribution in [0.25, 0.3) is 21.8 Å². The van der Waals surface area contributed by atoms with E-state index in [1.54, 1.807) is 0 Å². The Morgan fingerprint density at radius 1 is 0.500 bits per heavy atom. The smallest absolute Gasteiger partial charge is 0.214 e. The highest BCUT2D eigenvalue weighted by atomic mass is 15.0. The molecule has 178 valence electrons. The molecule has 0 atom stereocenters. The first kappa shape index (κ1) is 24.0. The maximum absolute atomic E-state index is 6.17. The Morgan fingerprint density at radius 3 is 1.29 bits per heavy atom. The van der Waals surface area contributed by atoms with Crippen LogP contribution in [0.15, 0.2) is 60.7 Å². The molecule has 0 saturated carbocycles. The van der Waals surface area contributed by atoms with Crippen molar-refractivity contribution in [3.05, 3.63) is 72.1 Å². The molecular weight excluding hydrogens is 416 g/mol. The molecule has 2 aromatic carbocycles. The van der Waals surface area contributed by atoms with Gasteiger partial charge in [0.25, 0.3) is 0 Å². The summed E-state index contributed by atoms with van der Waals surface area (Å²) in [5, 5.41) is 2.32. The van der Waals surface area contributed by atoms with E-state index in [-0.39, 0.29) is 0 Å². The summed E-state index contributed by atoms with van der Waals surface area (Å²) >= 11 is 0. The Labute approximate surface area is 204 Å². The first-order chi connectivity index (χ1) is 16.6. The van der Waals surface area contributed by atoms with E-state index in [9.17, 15) is 0 Å². The van der Waals surface area contributed by atoms with Gasteiger partial charge in [0.15, 0.2) is 11.4 Å². The zero-order valence-corrected chi connectivity index (χ0v) is 20.9. The fourth-order valence-corrected chi connectivity index (χ4v) is 5.14. The SMILES string of the molecule is Cc1ccc2c(N)cccc2[n+]1CCCCCCCCCC[n+]1c(C)ccc2c(N)cccc21. The molecule has 0 aliphatic heterocycles. The van der Waals surface area contributed by atoms with Crippen molar-refractivity contribution in [3.63, 3.8) is 0 Å². The molecule has 0 radical (unpaired) electrons. The van der Waals surface area contributed by atoms with E-state index >= 15 is 0 Å². The van der Waals surface area contributed by atoms with E-state index < -0.39 is 0 Å². The van der Waals surface area contributed by atoms with Crippen LogP contribution in [0.4, 0.5) is 11.4 Å². The molecule has 4 N–H and O–H groups in total. The van der Waals surface area contributed by atoms with E-state index in [2.05, 4.69) is 71.5 Å². The highest BCUT2D eigenvalue weighted by molar-refractivity contribution is 5.88. The number of nitrogen functional groups attached to an aromatic ring is 2. The molecule has 2 heterocycles. The molecule has 0 bridgehead atoms. The molecule has 0 aliphatic rings. The lowest BCUT2D eigenvalue weighted by Crippen LogP contribution is -2.38. The number of rotatable bonds is 11. The summed E-state index contributed by atoms with van der Waals surface area (Å²) in [5.41, 5.74) is 19.2. The van der Waals surface area contributed by atoms with E-state index in [0.29, 0.717) is 0 Å². The highest BCUT2D eigenvalue weighted by Crippen LogP contribution is 2.20. The maximum Gasteiger partial charge on any atom is 0.214 e. The normalized spacial score (nSPS) is 11.5. The minimum absolute atomic E-state index is 0.865. The second-order valence-electron chi connectivity index (χ2n) is 9.64. The van der Waals surface area contributed by atoms with Gasteiger partial charge < -0.3 is 11.5 Å². The molecular formula is C30H40N4+2. The lowest BCUT2D eigenvalue weighted by Gasteiger charge is -2.07. The van der Waals surface area contributed by atoms with Crippen molar-refractivity contribution in [3.8, 4) is 0 Å². The van der Waals surface area contributed by atoms with Gasteiger partial charge in [-0.25, -0.2) is 0 Å². The van der Waals surface area contributed by atoms with Gasteiger partial charge in [-0.1, -0.05) is 37.8 Å². The van der Waals surface area contributed by atoms with Crippen molar-refractivity contribution < 1.29 is 9.13 Å². The predicted molar refractivity (Wildman–Crippen MR) is 144 cm³/mol. The van der Waals surface area contributed by atoms with E-state index in [4.69, 9.17) is 11.5 Å². The van der Waals surface area contributed by atoms with Gasteiger partial charge in [-0.05, 0) is 37.1 Å². The summed E-state index contributed by atoms with van der Waals surface area (Å²) < 4.78 is 4.85. The zero-order chi connectivity index (χ0) is 23.9. The van der Waals surface area contributed by atoms with Crippen LogP contribution in [-0.2, 0) is 13.1 Å². The summed E-state index contributed by atoms with van der Waals surface area (Å²) in [6.45, 7) is 6.52. The third kappa shape index (κ3) is 5.49. The monoisotopic (exact) mass is 456 g/mol. The number of hydrogen-bond acceptors (Lipinski definition) is 2. The number of unbranched alkanes of at least 4 members (excludes halogenated alkanes) is 7. The summed E-state index contributed by atoms with van der Waals surface area (Å²) in [7, 11) is 0. The van der Waals surface area contributed by atoms with Gasteiger partial charge in [0.05, 0.1) is 10.8 Å². The molecule has 0 fully saturated rings. The summed E-state index contributed by atoms with van der Waals surface area (Å²) in [6, 6.07) is 21.1. The number of pyridine rings is 2. The molecule has 0 amide bonds. The Balaban J connectivity index is 1.15. The average Bonchev–Trinajstić information content (AvgIpc) is 2.83. The Bertz CT molecular complexity index is 1160. The van der Waals surface area contributed by atoms with Crippen LogP contribution in [0.5, 0.6) is 0 Å². The number of nitrogens with two attached hydrogens (primary N) is 2. The average molecular weight is 457 g/mol. The lowest BCUT2D eigenvalue weighted by molar-refractivity contribution is -0.678. The van der Waals surface area contributed by atoms with Crippen LogP contribution in [0, 0.1) is 13.8 Å². The summed E-state index contributed by atoms with van der Waals surface area (Å²) in [5.74, 6) is 0. The summed E-state index contributed by atoms with van der Waals surface area (Å²) in [6.07, 6.45) is 10.3. The van der Waals surface area contributed by atoms with Crippen LogP contribution in [-0.4, -0.2) is 0 Å². The number of fused-ring (bicyclic) bond motifs is 2. The predicted octanol–water partition coefficient (Wildman–Crippen LogP) is 6.17. The first-order valence-electron chi connectivity index (χ1n) is 12.9. The quantitative estimate of drug-likeness (QED) is 0.161. The van der Waals surface area contributed by atoms with Gasteiger partial charge in [-0.3, -0.25) is 0 Å². The largest absolute Gasteiger partial charge is 0.398 e. The van der Waals surface area contributed by atoms with Gasteiger partial charge in [0.2, 0.25) is 11.0 Å². The molecule has 4 nitrogen and oxygen atoms in total. The molecule has 4 aromatic rings. The first-order valence-corrected chi connectivity index (χ1v) is 12.9. The van der Waals surface area contributed by atoms with Crippen LogP contribution in [0.1, 0.15) is 62.8 Å². The van der Waals surface area contributed by atoms with Crippen molar-refractivity contribution in [2.45, 2.75) is 78.3 Å². The molecule has 0 aliphatic carbocycles. The molecule has 4 heteroatoms. The van der Waals surface area contributed by atoms with E-state index in [1.165, 1.54) is 73.8 Å². The van der Waals surface area contributed by atoms with Crippen molar-refractivity contribution in [1.29, 1.82) is 0 Å². The number of hydrogen-bond donors (Lipinski definition) is 2. The molecule has 0 saturated heterocycles. The number of nitrogens with zero attached hydrogens (tertiary/aromatic N) is 2. The molecule has 2 aromatic heterocycles. The Hall–Kier alpha value is -3.14. The third-order valence-corrected chi connectivity index (χ3v) is 7.16. The topological polar surface area (TPSA) is 59.8 Å². The van der Waals surface area contributed by atoms with Gasteiger partial charge >= 0.3 is 0 Å². The van der Waals surface area contributed by atoms with Crippen LogP contribution in [0.2, 0.25) is 0 Å².